The van der Waals surface area contributed by atoms with Gasteiger partial charge in [0.05, 0.1) is 11.8 Å². The second-order valence-electron chi connectivity index (χ2n) is 7.15. The Morgan fingerprint density at radius 2 is 1.55 bits per heavy atom. The van der Waals surface area contributed by atoms with Gasteiger partial charge in [0.2, 0.25) is 11.8 Å². The standard InChI is InChI=1S/C19H18Br2ClN3O6/c20-13-5-11-12(6-14(13)21)19(30)25(18(11)29)7-16(27)31-8-15(26)23-24-17(28)9-1-3-10(22)4-2-9/h1-4,11-14H,5-8H2,(H,23,26)(H,24,28)/t11-,12+,13-,14-/m0/s1. The lowest BCUT2D eigenvalue weighted by molar-refractivity contribution is -0.155. The molecule has 2 N–H and O–H groups in total. The van der Waals surface area contributed by atoms with Crippen LogP contribution in [-0.4, -0.2) is 57.3 Å². The van der Waals surface area contributed by atoms with Crippen molar-refractivity contribution in [3.63, 3.8) is 0 Å². The predicted molar refractivity (Wildman–Crippen MR) is 116 cm³/mol. The first-order chi connectivity index (χ1) is 14.7. The molecular weight excluding hydrogens is 561 g/mol. The molecule has 1 saturated carbocycles. The van der Waals surface area contributed by atoms with Crippen LogP contribution in [0.2, 0.25) is 5.02 Å². The van der Waals surface area contributed by atoms with E-state index in [2.05, 4.69) is 42.7 Å². The van der Waals surface area contributed by atoms with Gasteiger partial charge in [0, 0.05) is 20.2 Å². The van der Waals surface area contributed by atoms with Crippen molar-refractivity contribution in [1.29, 1.82) is 0 Å². The van der Waals surface area contributed by atoms with Crippen molar-refractivity contribution in [3.8, 4) is 0 Å². The maximum atomic E-state index is 12.5. The van der Waals surface area contributed by atoms with Crippen LogP contribution in [0.25, 0.3) is 0 Å². The van der Waals surface area contributed by atoms with Crippen LogP contribution in [0.3, 0.4) is 0 Å². The fraction of sp³-hybridized carbons (Fsp3) is 0.421. The zero-order chi connectivity index (χ0) is 22.7. The highest BCUT2D eigenvalue weighted by Crippen LogP contribution is 2.43. The molecule has 1 heterocycles. The summed E-state index contributed by atoms with van der Waals surface area (Å²) < 4.78 is 4.83. The summed E-state index contributed by atoms with van der Waals surface area (Å²) in [5.74, 6) is -4.01. The smallest absolute Gasteiger partial charge is 0.326 e. The molecule has 0 spiro atoms. The first-order valence-electron chi connectivity index (χ1n) is 9.31. The Labute approximate surface area is 199 Å². The summed E-state index contributed by atoms with van der Waals surface area (Å²) in [5, 5.41) is 0.459. The molecule has 1 aliphatic carbocycles. The molecule has 1 aromatic carbocycles. The summed E-state index contributed by atoms with van der Waals surface area (Å²) in [4.78, 5) is 61.8. The summed E-state index contributed by atoms with van der Waals surface area (Å²) in [7, 11) is 0. The number of hydrogen-bond acceptors (Lipinski definition) is 6. The number of nitrogens with one attached hydrogen (secondary N) is 2. The number of ether oxygens (including phenoxy) is 1. The van der Waals surface area contributed by atoms with Crippen molar-refractivity contribution in [2.75, 3.05) is 13.2 Å². The molecule has 1 aromatic rings. The van der Waals surface area contributed by atoms with Crippen LogP contribution in [0.5, 0.6) is 0 Å². The van der Waals surface area contributed by atoms with Crippen LogP contribution in [-0.2, 0) is 23.9 Å². The zero-order valence-electron chi connectivity index (χ0n) is 16.0. The van der Waals surface area contributed by atoms with Gasteiger partial charge < -0.3 is 4.74 Å². The number of carbonyl (C=O) groups excluding carboxylic acids is 5. The largest absolute Gasteiger partial charge is 0.454 e. The fourth-order valence-electron chi connectivity index (χ4n) is 3.48. The first-order valence-corrected chi connectivity index (χ1v) is 11.5. The van der Waals surface area contributed by atoms with Crippen LogP contribution in [0, 0.1) is 11.8 Å². The minimum Gasteiger partial charge on any atom is -0.454 e. The number of likely N-dealkylation sites (tertiary alicyclic amines) is 1. The lowest BCUT2D eigenvalue weighted by atomic mass is 9.81. The van der Waals surface area contributed by atoms with E-state index in [4.69, 9.17) is 16.3 Å². The average molecular weight is 580 g/mol. The molecule has 1 aliphatic heterocycles. The topological polar surface area (TPSA) is 122 Å². The Morgan fingerprint density at radius 1 is 1.00 bits per heavy atom. The van der Waals surface area contributed by atoms with Crippen molar-refractivity contribution in [1.82, 2.24) is 15.8 Å². The Kier molecular flexibility index (Phi) is 7.71. The highest BCUT2D eigenvalue weighted by molar-refractivity contribution is 9.12. The number of imide groups is 1. The highest BCUT2D eigenvalue weighted by Gasteiger charge is 2.52. The summed E-state index contributed by atoms with van der Waals surface area (Å²) in [6, 6.07) is 5.99. The Bertz CT molecular complexity index is 884. The lowest BCUT2D eigenvalue weighted by Crippen LogP contribution is -2.44. The van der Waals surface area contributed by atoms with E-state index in [1.165, 1.54) is 24.3 Å². The number of esters is 1. The van der Waals surface area contributed by atoms with Crippen LogP contribution < -0.4 is 10.9 Å². The van der Waals surface area contributed by atoms with Crippen molar-refractivity contribution in [3.05, 3.63) is 34.9 Å². The zero-order valence-corrected chi connectivity index (χ0v) is 19.9. The maximum Gasteiger partial charge on any atom is 0.326 e. The molecule has 12 heteroatoms. The number of fused-ring (bicyclic) bond motifs is 1. The Hall–Kier alpha value is -1.98. The number of hydrazine groups is 1. The molecule has 0 unspecified atom stereocenters. The number of halogens is 3. The molecule has 0 bridgehead atoms. The van der Waals surface area contributed by atoms with Gasteiger partial charge in [-0.2, -0.15) is 0 Å². The fourth-order valence-corrected chi connectivity index (χ4v) is 4.84. The summed E-state index contributed by atoms with van der Waals surface area (Å²) >= 11 is 12.7. The third kappa shape index (κ3) is 5.64. The molecule has 9 nitrogen and oxygen atoms in total. The van der Waals surface area contributed by atoms with Crippen LogP contribution in [0.1, 0.15) is 23.2 Å². The van der Waals surface area contributed by atoms with Crippen molar-refractivity contribution < 1.29 is 28.7 Å². The van der Waals surface area contributed by atoms with Gasteiger partial charge in [-0.1, -0.05) is 43.5 Å². The number of benzene rings is 1. The van der Waals surface area contributed by atoms with Gasteiger partial charge in [0.25, 0.3) is 11.8 Å². The minimum atomic E-state index is -0.898. The molecule has 3 rings (SSSR count). The van der Waals surface area contributed by atoms with E-state index in [-0.39, 0.29) is 15.2 Å². The summed E-state index contributed by atoms with van der Waals surface area (Å²) in [5.41, 5.74) is 4.55. The van der Waals surface area contributed by atoms with Crippen LogP contribution in [0.4, 0.5) is 0 Å². The molecule has 2 fully saturated rings. The third-order valence-corrected chi connectivity index (χ3v) is 8.06. The monoisotopic (exact) mass is 577 g/mol. The van der Waals surface area contributed by atoms with E-state index in [0.29, 0.717) is 17.9 Å². The normalized spacial score (nSPS) is 25.1. The maximum absolute atomic E-state index is 12.5. The SMILES string of the molecule is O=C(COC(=O)CN1C(=O)[C@H]2C[C@H](Br)[C@@H](Br)C[C@H]2C1=O)NNC(=O)c1ccc(Cl)cc1. The van der Waals surface area contributed by atoms with Crippen LogP contribution >= 0.6 is 43.5 Å². The molecule has 1 saturated heterocycles. The molecule has 31 heavy (non-hydrogen) atoms. The van der Waals surface area contributed by atoms with Gasteiger partial charge in [-0.05, 0) is 37.1 Å². The van der Waals surface area contributed by atoms with Gasteiger partial charge >= 0.3 is 5.97 Å². The quantitative estimate of drug-likeness (QED) is 0.237. The second kappa shape index (κ2) is 10.1. The molecule has 0 radical (unpaired) electrons. The van der Waals surface area contributed by atoms with Crippen molar-refractivity contribution in [2.24, 2.45) is 11.8 Å². The molecular formula is C19H18Br2ClN3O6. The van der Waals surface area contributed by atoms with Crippen molar-refractivity contribution in [2.45, 2.75) is 22.5 Å². The van der Waals surface area contributed by atoms with Gasteiger partial charge in [-0.3, -0.25) is 39.7 Å². The van der Waals surface area contributed by atoms with Gasteiger partial charge in [-0.15, -0.1) is 0 Å². The van der Waals surface area contributed by atoms with Gasteiger partial charge in [0.1, 0.15) is 6.54 Å². The van der Waals surface area contributed by atoms with Gasteiger partial charge in [-0.25, -0.2) is 0 Å². The van der Waals surface area contributed by atoms with E-state index in [1.54, 1.807) is 0 Å². The molecule has 2 aliphatic rings. The van der Waals surface area contributed by atoms with E-state index < -0.39 is 54.6 Å². The number of carbonyl (C=O) groups is 5. The number of rotatable bonds is 5. The third-order valence-electron chi connectivity index (χ3n) is 5.08. The van der Waals surface area contributed by atoms with Gasteiger partial charge in [0.15, 0.2) is 6.61 Å². The lowest BCUT2D eigenvalue weighted by Gasteiger charge is -2.29. The van der Waals surface area contributed by atoms with E-state index >= 15 is 0 Å². The molecule has 4 amide bonds. The summed E-state index contributed by atoms with van der Waals surface area (Å²) in [6.07, 6.45) is 0.985. The Morgan fingerprint density at radius 3 is 2.10 bits per heavy atom. The predicted octanol–water partition coefficient (Wildman–Crippen LogP) is 1.57. The van der Waals surface area contributed by atoms with E-state index in [0.717, 1.165) is 4.90 Å². The highest BCUT2D eigenvalue weighted by atomic mass is 79.9. The summed E-state index contributed by atoms with van der Waals surface area (Å²) in [6.45, 7) is -1.25. The second-order valence-corrected chi connectivity index (χ2v) is 9.94. The first kappa shape index (κ1) is 23.7. The van der Waals surface area contributed by atoms with Crippen LogP contribution in [0.15, 0.2) is 24.3 Å². The molecule has 4 atom stereocenters. The number of nitrogens with zero attached hydrogens (tertiary/aromatic N) is 1. The number of amides is 4. The van der Waals surface area contributed by atoms with Crippen molar-refractivity contribution >= 4 is 73.1 Å². The van der Waals surface area contributed by atoms with E-state index in [9.17, 15) is 24.0 Å². The minimum absolute atomic E-state index is 0.0594. The molecule has 166 valence electrons. The average Bonchev–Trinajstić information content (AvgIpc) is 2.95. The van der Waals surface area contributed by atoms with E-state index in [1.807, 2.05) is 0 Å². The number of alkyl halides is 2. The Balaban J connectivity index is 1.44. The number of hydrogen-bond donors (Lipinski definition) is 2. The molecule has 0 aromatic heterocycles.